The highest BCUT2D eigenvalue weighted by Gasteiger charge is 2.37. The van der Waals surface area contributed by atoms with Crippen LogP contribution in [0, 0.1) is 0 Å². The van der Waals surface area contributed by atoms with E-state index in [-0.39, 0.29) is 16.7 Å². The quantitative estimate of drug-likeness (QED) is 0.786. The van der Waals surface area contributed by atoms with Crippen LogP contribution in [0.1, 0.15) is 83.7 Å². The Balaban J connectivity index is 4.25. The van der Waals surface area contributed by atoms with E-state index in [2.05, 4.69) is 0 Å². The van der Waals surface area contributed by atoms with Crippen molar-refractivity contribution in [2.75, 3.05) is 0 Å². The molecule has 0 amide bonds. The first kappa shape index (κ1) is 18.7. The first-order valence-electron chi connectivity index (χ1n) is 7.11. The molecule has 0 aromatic heterocycles. The highest BCUT2D eigenvalue weighted by Crippen LogP contribution is 2.40. The minimum Gasteiger partial charge on any atom is -0.478 e. The van der Waals surface area contributed by atoms with Crippen molar-refractivity contribution in [3.63, 3.8) is 0 Å². The number of carbonyl (C=O) groups is 3. The number of aromatic carboxylic acids is 3. The van der Waals surface area contributed by atoms with Crippen LogP contribution < -0.4 is 0 Å². The van der Waals surface area contributed by atoms with Gasteiger partial charge in [0.25, 0.3) is 0 Å². The molecule has 1 rings (SSSR count). The molecule has 0 aliphatic rings. The maximum absolute atomic E-state index is 11.7. The van der Waals surface area contributed by atoms with Crippen LogP contribution in [0.25, 0.3) is 0 Å². The van der Waals surface area contributed by atoms with Gasteiger partial charge in [-0.05, 0) is 28.0 Å². The monoisotopic (exact) mass is 322 g/mol. The summed E-state index contributed by atoms with van der Waals surface area (Å²) in [7, 11) is 0. The number of hydrogen-bond donors (Lipinski definition) is 3. The van der Waals surface area contributed by atoms with E-state index in [1.165, 1.54) is 0 Å². The SMILES string of the molecule is CC(C)(C)c1c(C(=O)O)cc(C(=O)O)c(C(=O)O)c1C(C)(C)C. The van der Waals surface area contributed by atoms with Crippen LogP contribution in [0.5, 0.6) is 0 Å². The maximum atomic E-state index is 11.7. The average Bonchev–Trinajstić information content (AvgIpc) is 2.33. The lowest BCUT2D eigenvalue weighted by Crippen LogP contribution is -2.30. The molecular weight excluding hydrogens is 300 g/mol. The van der Waals surface area contributed by atoms with Crippen LogP contribution in [0.2, 0.25) is 0 Å². The Bertz CT molecular complexity index is 687. The Morgan fingerprint density at radius 3 is 1.35 bits per heavy atom. The third-order valence-corrected chi connectivity index (χ3v) is 3.50. The molecular formula is C17H22O6. The Morgan fingerprint density at radius 1 is 0.696 bits per heavy atom. The van der Waals surface area contributed by atoms with E-state index >= 15 is 0 Å². The van der Waals surface area contributed by atoms with Gasteiger partial charge in [-0.1, -0.05) is 41.5 Å². The molecule has 0 heterocycles. The van der Waals surface area contributed by atoms with Gasteiger partial charge in [-0.15, -0.1) is 0 Å². The van der Waals surface area contributed by atoms with Gasteiger partial charge in [0.05, 0.1) is 16.7 Å². The fourth-order valence-electron chi connectivity index (χ4n) is 2.77. The predicted molar refractivity (Wildman–Crippen MR) is 84.7 cm³/mol. The van der Waals surface area contributed by atoms with E-state index in [1.807, 2.05) is 0 Å². The van der Waals surface area contributed by atoms with Crippen LogP contribution in [-0.2, 0) is 10.8 Å². The highest BCUT2D eigenvalue weighted by molar-refractivity contribution is 6.06. The lowest BCUT2D eigenvalue weighted by atomic mass is 9.70. The maximum Gasteiger partial charge on any atom is 0.336 e. The zero-order valence-corrected chi connectivity index (χ0v) is 14.1. The first-order chi connectivity index (χ1) is 10.2. The molecule has 0 saturated heterocycles. The van der Waals surface area contributed by atoms with E-state index in [0.29, 0.717) is 5.56 Å². The number of carboxylic acids is 3. The van der Waals surface area contributed by atoms with Gasteiger partial charge in [0, 0.05) is 0 Å². The Labute approximate surface area is 134 Å². The lowest BCUT2D eigenvalue weighted by Gasteiger charge is -2.33. The summed E-state index contributed by atoms with van der Waals surface area (Å²) in [6.07, 6.45) is 0. The van der Waals surface area contributed by atoms with Crippen molar-refractivity contribution in [2.45, 2.75) is 52.4 Å². The van der Waals surface area contributed by atoms with Crippen LogP contribution in [0.3, 0.4) is 0 Å². The molecule has 0 bridgehead atoms. The molecule has 6 nitrogen and oxygen atoms in total. The van der Waals surface area contributed by atoms with Crippen molar-refractivity contribution in [1.82, 2.24) is 0 Å². The van der Waals surface area contributed by atoms with Gasteiger partial charge in [-0.3, -0.25) is 0 Å². The fourth-order valence-corrected chi connectivity index (χ4v) is 2.77. The fraction of sp³-hybridized carbons (Fsp3) is 0.471. The normalized spacial score (nSPS) is 12.1. The van der Waals surface area contributed by atoms with Gasteiger partial charge in [0.15, 0.2) is 0 Å². The molecule has 0 saturated carbocycles. The summed E-state index contributed by atoms with van der Waals surface area (Å²) in [5.41, 5.74) is -1.85. The van der Waals surface area contributed by atoms with E-state index < -0.39 is 34.3 Å². The number of carboxylic acid groups (broad SMARTS) is 3. The predicted octanol–water partition coefficient (Wildman–Crippen LogP) is 3.38. The van der Waals surface area contributed by atoms with Gasteiger partial charge in [-0.25, -0.2) is 14.4 Å². The summed E-state index contributed by atoms with van der Waals surface area (Å²) in [5, 5.41) is 28.4. The molecule has 6 heteroatoms. The molecule has 0 atom stereocenters. The standard InChI is InChI=1S/C17H22O6/c1-16(2,3)11-9(14(20)21)7-8(13(18)19)10(15(22)23)12(11)17(4,5)6/h7H,1-6H3,(H,18,19)(H,20,21)(H,22,23). The third-order valence-electron chi connectivity index (χ3n) is 3.50. The van der Waals surface area contributed by atoms with E-state index in [9.17, 15) is 29.7 Å². The Hall–Kier alpha value is -2.37. The van der Waals surface area contributed by atoms with Crippen LogP contribution in [0.15, 0.2) is 6.07 Å². The Morgan fingerprint density at radius 2 is 1.09 bits per heavy atom. The van der Waals surface area contributed by atoms with Gasteiger partial charge in [0.1, 0.15) is 0 Å². The molecule has 126 valence electrons. The second-order valence-electron chi connectivity index (χ2n) is 7.51. The van der Waals surface area contributed by atoms with E-state index in [4.69, 9.17) is 0 Å². The lowest BCUT2D eigenvalue weighted by molar-refractivity contribution is 0.0646. The second kappa shape index (κ2) is 5.68. The van der Waals surface area contributed by atoms with E-state index in [0.717, 1.165) is 6.07 Å². The number of benzene rings is 1. The van der Waals surface area contributed by atoms with Crippen LogP contribution in [-0.4, -0.2) is 33.2 Å². The van der Waals surface area contributed by atoms with Crippen molar-refractivity contribution in [2.24, 2.45) is 0 Å². The van der Waals surface area contributed by atoms with Crippen LogP contribution >= 0.6 is 0 Å². The van der Waals surface area contributed by atoms with Crippen molar-refractivity contribution in [1.29, 1.82) is 0 Å². The topological polar surface area (TPSA) is 112 Å². The molecule has 23 heavy (non-hydrogen) atoms. The summed E-state index contributed by atoms with van der Waals surface area (Å²) >= 11 is 0. The molecule has 3 N–H and O–H groups in total. The molecule has 0 aliphatic heterocycles. The zero-order valence-electron chi connectivity index (χ0n) is 14.1. The molecule has 0 radical (unpaired) electrons. The average molecular weight is 322 g/mol. The number of rotatable bonds is 3. The summed E-state index contributed by atoms with van der Waals surface area (Å²) in [5.74, 6) is -4.12. The van der Waals surface area contributed by atoms with E-state index in [1.54, 1.807) is 41.5 Å². The molecule has 1 aromatic rings. The largest absolute Gasteiger partial charge is 0.478 e. The Kier molecular flexibility index (Phi) is 4.61. The van der Waals surface area contributed by atoms with Crippen molar-refractivity contribution >= 4 is 17.9 Å². The van der Waals surface area contributed by atoms with Crippen LogP contribution in [0.4, 0.5) is 0 Å². The summed E-state index contributed by atoms with van der Waals surface area (Å²) in [6, 6.07) is 0.948. The molecule has 0 unspecified atom stereocenters. The minimum absolute atomic E-state index is 0.176. The van der Waals surface area contributed by atoms with Crippen molar-refractivity contribution < 1.29 is 29.7 Å². The summed E-state index contributed by atoms with van der Waals surface area (Å²) in [6.45, 7) is 10.5. The summed E-state index contributed by atoms with van der Waals surface area (Å²) in [4.78, 5) is 34.9. The van der Waals surface area contributed by atoms with Gasteiger partial charge < -0.3 is 15.3 Å². The highest BCUT2D eigenvalue weighted by atomic mass is 16.4. The van der Waals surface area contributed by atoms with Crippen molar-refractivity contribution in [3.05, 3.63) is 33.9 Å². The molecule has 0 fully saturated rings. The van der Waals surface area contributed by atoms with Gasteiger partial charge in [0.2, 0.25) is 0 Å². The molecule has 0 spiro atoms. The van der Waals surface area contributed by atoms with Gasteiger partial charge in [-0.2, -0.15) is 0 Å². The molecule has 1 aromatic carbocycles. The van der Waals surface area contributed by atoms with Gasteiger partial charge >= 0.3 is 17.9 Å². The zero-order chi connectivity index (χ0) is 18.3. The summed E-state index contributed by atoms with van der Waals surface area (Å²) < 4.78 is 0. The smallest absolute Gasteiger partial charge is 0.336 e. The second-order valence-corrected chi connectivity index (χ2v) is 7.51. The molecule has 0 aliphatic carbocycles. The third kappa shape index (κ3) is 3.52. The first-order valence-corrected chi connectivity index (χ1v) is 7.11. The van der Waals surface area contributed by atoms with Crippen molar-refractivity contribution in [3.8, 4) is 0 Å². The number of hydrogen-bond acceptors (Lipinski definition) is 3. The minimum atomic E-state index is -1.46.